The summed E-state index contributed by atoms with van der Waals surface area (Å²) in [5.74, 6) is 0.654. The van der Waals surface area contributed by atoms with Gasteiger partial charge in [0.2, 0.25) is 11.9 Å². The molecule has 0 aliphatic carbocycles. The van der Waals surface area contributed by atoms with Crippen LogP contribution >= 0.6 is 0 Å². The van der Waals surface area contributed by atoms with Crippen LogP contribution < -0.4 is 9.80 Å². The lowest BCUT2D eigenvalue weighted by Crippen LogP contribution is -2.49. The van der Waals surface area contributed by atoms with Crippen LogP contribution in [0.5, 0.6) is 0 Å². The Kier molecular flexibility index (Phi) is 5.03. The first kappa shape index (κ1) is 19.2. The minimum Gasteiger partial charge on any atom is -0.339 e. The summed E-state index contributed by atoms with van der Waals surface area (Å²) < 4.78 is 0. The summed E-state index contributed by atoms with van der Waals surface area (Å²) in [4.78, 5) is 44.7. The standard InChI is InChI=1S/C23H22N6O2/c30-21(27-12-14-28(15-13-27)23-25-8-3-9-26-23)16-20-18-4-1-2-5-19(18)22(31)29(20)17-6-10-24-11-7-17/h1-11,20H,12-16H2. The quantitative estimate of drug-likeness (QED) is 0.652. The third-order valence-electron chi connectivity index (χ3n) is 5.86. The maximum atomic E-state index is 13.2. The first-order valence-corrected chi connectivity index (χ1v) is 10.3. The van der Waals surface area contributed by atoms with Crippen LogP contribution in [0.4, 0.5) is 11.6 Å². The highest BCUT2D eigenvalue weighted by molar-refractivity contribution is 6.11. The topological polar surface area (TPSA) is 82.5 Å². The van der Waals surface area contributed by atoms with Crippen LogP contribution in [0.3, 0.4) is 0 Å². The van der Waals surface area contributed by atoms with Crippen LogP contribution in [-0.2, 0) is 4.79 Å². The normalized spacial score (nSPS) is 18.3. The Bertz CT molecular complexity index is 1080. The predicted octanol–water partition coefficient (Wildman–Crippen LogP) is 2.31. The summed E-state index contributed by atoms with van der Waals surface area (Å²) in [6, 6.07) is 12.6. The molecule has 1 unspecified atom stereocenters. The molecule has 156 valence electrons. The van der Waals surface area contributed by atoms with Gasteiger partial charge in [0.15, 0.2) is 0 Å². The highest BCUT2D eigenvalue weighted by Crippen LogP contribution is 2.39. The molecule has 3 aromatic rings. The molecule has 8 heteroatoms. The van der Waals surface area contributed by atoms with E-state index in [0.29, 0.717) is 37.7 Å². The molecular weight excluding hydrogens is 392 g/mol. The number of hydrogen-bond acceptors (Lipinski definition) is 6. The number of benzene rings is 1. The maximum Gasteiger partial charge on any atom is 0.259 e. The molecule has 0 bridgehead atoms. The smallest absolute Gasteiger partial charge is 0.259 e. The molecule has 2 aliphatic heterocycles. The van der Waals surface area contributed by atoms with Gasteiger partial charge in [-0.15, -0.1) is 0 Å². The predicted molar refractivity (Wildman–Crippen MR) is 116 cm³/mol. The van der Waals surface area contributed by atoms with Crippen molar-refractivity contribution in [3.05, 3.63) is 78.4 Å². The van der Waals surface area contributed by atoms with E-state index in [1.54, 1.807) is 47.9 Å². The molecule has 4 heterocycles. The van der Waals surface area contributed by atoms with Crippen molar-refractivity contribution in [1.82, 2.24) is 19.9 Å². The third-order valence-corrected chi connectivity index (χ3v) is 5.86. The lowest BCUT2D eigenvalue weighted by molar-refractivity contribution is -0.131. The molecule has 1 atom stereocenters. The largest absolute Gasteiger partial charge is 0.339 e. The van der Waals surface area contributed by atoms with E-state index in [1.165, 1.54) is 0 Å². The lowest BCUT2D eigenvalue weighted by Gasteiger charge is -2.35. The molecule has 2 aliphatic rings. The molecule has 1 saturated heterocycles. The number of carbonyl (C=O) groups excluding carboxylic acids is 2. The number of carbonyl (C=O) groups is 2. The van der Waals surface area contributed by atoms with E-state index in [0.717, 1.165) is 11.3 Å². The van der Waals surface area contributed by atoms with Crippen molar-refractivity contribution < 1.29 is 9.59 Å². The number of hydrogen-bond donors (Lipinski definition) is 0. The first-order valence-electron chi connectivity index (χ1n) is 10.3. The number of nitrogens with zero attached hydrogens (tertiary/aromatic N) is 6. The highest BCUT2D eigenvalue weighted by Gasteiger charge is 2.39. The number of fused-ring (bicyclic) bond motifs is 1. The van der Waals surface area contributed by atoms with E-state index < -0.39 is 0 Å². The van der Waals surface area contributed by atoms with E-state index >= 15 is 0 Å². The van der Waals surface area contributed by atoms with Gasteiger partial charge in [0, 0.05) is 62.2 Å². The SMILES string of the molecule is O=C(CC1c2ccccc2C(=O)N1c1ccncc1)N1CCN(c2ncccn2)CC1. The van der Waals surface area contributed by atoms with E-state index in [1.807, 2.05) is 29.2 Å². The van der Waals surface area contributed by atoms with Crippen molar-refractivity contribution in [2.75, 3.05) is 36.0 Å². The van der Waals surface area contributed by atoms with Crippen molar-refractivity contribution >= 4 is 23.5 Å². The monoisotopic (exact) mass is 414 g/mol. The third kappa shape index (κ3) is 3.61. The zero-order valence-electron chi connectivity index (χ0n) is 17.0. The zero-order valence-corrected chi connectivity index (χ0v) is 17.0. The molecule has 5 rings (SSSR count). The number of piperazine rings is 1. The second kappa shape index (κ2) is 8.14. The Morgan fingerprint density at radius 1 is 0.903 bits per heavy atom. The van der Waals surface area contributed by atoms with Crippen molar-refractivity contribution in [1.29, 1.82) is 0 Å². The van der Waals surface area contributed by atoms with Gasteiger partial charge < -0.3 is 14.7 Å². The zero-order chi connectivity index (χ0) is 21.2. The van der Waals surface area contributed by atoms with Gasteiger partial charge in [0.05, 0.1) is 12.5 Å². The van der Waals surface area contributed by atoms with Crippen LogP contribution in [0.15, 0.2) is 67.3 Å². The second-order valence-electron chi connectivity index (χ2n) is 7.60. The summed E-state index contributed by atoms with van der Waals surface area (Å²) in [6.45, 7) is 2.58. The minimum atomic E-state index is -0.325. The Balaban J connectivity index is 1.33. The summed E-state index contributed by atoms with van der Waals surface area (Å²) in [7, 11) is 0. The van der Waals surface area contributed by atoms with Crippen LogP contribution in [0, 0.1) is 0 Å². The Hall–Kier alpha value is -3.81. The molecule has 0 saturated carbocycles. The van der Waals surface area contributed by atoms with Gasteiger partial charge in [-0.2, -0.15) is 0 Å². The average Bonchev–Trinajstić information content (AvgIpc) is 3.12. The van der Waals surface area contributed by atoms with Crippen LogP contribution in [0.2, 0.25) is 0 Å². The molecule has 1 fully saturated rings. The Morgan fingerprint density at radius 2 is 1.61 bits per heavy atom. The van der Waals surface area contributed by atoms with Crippen LogP contribution in [0.25, 0.3) is 0 Å². The van der Waals surface area contributed by atoms with Crippen molar-refractivity contribution in [2.45, 2.75) is 12.5 Å². The molecule has 0 spiro atoms. The number of pyridine rings is 1. The summed E-state index contributed by atoms with van der Waals surface area (Å²) in [5, 5.41) is 0. The fourth-order valence-corrected chi connectivity index (χ4v) is 4.30. The first-order chi connectivity index (χ1) is 15.2. The number of amides is 2. The van der Waals surface area contributed by atoms with E-state index in [2.05, 4.69) is 19.9 Å². The van der Waals surface area contributed by atoms with Gasteiger partial charge >= 0.3 is 0 Å². The summed E-state index contributed by atoms with van der Waals surface area (Å²) >= 11 is 0. The van der Waals surface area contributed by atoms with Gasteiger partial charge in [-0.25, -0.2) is 9.97 Å². The Morgan fingerprint density at radius 3 is 2.35 bits per heavy atom. The van der Waals surface area contributed by atoms with E-state index in [9.17, 15) is 9.59 Å². The lowest BCUT2D eigenvalue weighted by atomic mass is 10.0. The molecule has 0 radical (unpaired) electrons. The minimum absolute atomic E-state index is 0.0437. The number of aromatic nitrogens is 3. The molecular formula is C23H22N6O2. The van der Waals surface area contributed by atoms with Gasteiger partial charge in [-0.3, -0.25) is 14.6 Å². The summed E-state index contributed by atoms with van der Waals surface area (Å²) in [6.07, 6.45) is 7.02. The Labute approximate surface area is 180 Å². The molecule has 0 N–H and O–H groups in total. The van der Waals surface area contributed by atoms with E-state index in [-0.39, 0.29) is 24.3 Å². The maximum absolute atomic E-state index is 13.2. The van der Waals surface area contributed by atoms with Gasteiger partial charge in [-0.05, 0) is 29.8 Å². The summed E-state index contributed by atoms with van der Waals surface area (Å²) in [5.41, 5.74) is 2.30. The van der Waals surface area contributed by atoms with Crippen molar-refractivity contribution in [2.24, 2.45) is 0 Å². The molecule has 8 nitrogen and oxygen atoms in total. The average molecular weight is 414 g/mol. The molecule has 2 amide bonds. The fraction of sp³-hybridized carbons (Fsp3) is 0.261. The van der Waals surface area contributed by atoms with E-state index in [4.69, 9.17) is 0 Å². The van der Waals surface area contributed by atoms with Crippen LogP contribution in [-0.4, -0.2) is 57.8 Å². The van der Waals surface area contributed by atoms with Gasteiger partial charge in [-0.1, -0.05) is 18.2 Å². The van der Waals surface area contributed by atoms with Gasteiger partial charge in [0.25, 0.3) is 5.91 Å². The number of rotatable bonds is 4. The fourth-order valence-electron chi connectivity index (χ4n) is 4.30. The highest BCUT2D eigenvalue weighted by atomic mass is 16.2. The van der Waals surface area contributed by atoms with Crippen LogP contribution in [0.1, 0.15) is 28.4 Å². The molecule has 2 aromatic heterocycles. The number of anilines is 2. The second-order valence-corrected chi connectivity index (χ2v) is 7.60. The van der Waals surface area contributed by atoms with Gasteiger partial charge in [0.1, 0.15) is 0 Å². The molecule has 31 heavy (non-hydrogen) atoms. The van der Waals surface area contributed by atoms with Crippen molar-refractivity contribution in [3.63, 3.8) is 0 Å². The van der Waals surface area contributed by atoms with Crippen molar-refractivity contribution in [3.8, 4) is 0 Å². The molecule has 1 aromatic carbocycles.